The van der Waals surface area contributed by atoms with E-state index >= 15 is 0 Å². The Bertz CT molecular complexity index is 4270. The zero-order valence-electron chi connectivity index (χ0n) is 36.5. The number of fused-ring (bicyclic) bond motifs is 11. The average Bonchev–Trinajstić information content (AvgIpc) is 4.11. The van der Waals surface area contributed by atoms with Gasteiger partial charge in [0, 0.05) is 54.7 Å². The van der Waals surface area contributed by atoms with Crippen molar-refractivity contribution in [3.8, 4) is 52.7 Å². The standard InChI is InChI=1S/C61H38N6/c1-3-50-59(43-20-8-7-17-38(43)2)49-35-42(64-51-25-13-9-21-44(51)45-22-10-14-26-52(45)64)29-31-55(49)66(50)57-33-40(37-63)58(34-39(57)36-62)67-54-28-16-12-24-48(54)60-56(67)32-30-47-46-23-11-15-27-53(46)65(61(47)60)41-18-5-4-6-19-41/h1,5,7-35H,4,6H2,2H3. The van der Waals surface area contributed by atoms with Crippen LogP contribution in [0.1, 0.15) is 35.2 Å². The number of benzene rings is 8. The molecule has 4 heterocycles. The van der Waals surface area contributed by atoms with Gasteiger partial charge in [-0.05, 0) is 97.6 Å². The van der Waals surface area contributed by atoms with Crippen LogP contribution in [0.3, 0.4) is 0 Å². The molecular formula is C61H38N6. The Morgan fingerprint density at radius 2 is 1.04 bits per heavy atom. The number of aryl methyl sites for hydroxylation is 1. The van der Waals surface area contributed by atoms with Crippen molar-refractivity contribution in [3.63, 3.8) is 0 Å². The molecule has 12 aromatic rings. The zero-order chi connectivity index (χ0) is 44.9. The van der Waals surface area contributed by atoms with Crippen molar-refractivity contribution in [3.05, 3.63) is 204 Å². The third kappa shape index (κ3) is 5.38. The number of para-hydroxylation sites is 4. The van der Waals surface area contributed by atoms with E-state index in [1.165, 1.54) is 16.2 Å². The minimum Gasteiger partial charge on any atom is -0.309 e. The van der Waals surface area contributed by atoms with Gasteiger partial charge in [0.2, 0.25) is 0 Å². The van der Waals surface area contributed by atoms with Gasteiger partial charge in [-0.25, -0.2) is 0 Å². The molecule has 0 unspecified atom stereocenters. The SMILES string of the molecule is C#Cc1c(-c2ccccc2C)c2cc(-n3c4ccccc4c4ccccc43)ccc2n1-c1cc(C#N)c(-n2c3ccccc3c3c4c(ccc32)c2ccccc2n4C2=CCCC=C2)cc1C#N. The summed E-state index contributed by atoms with van der Waals surface area (Å²) >= 11 is 0. The summed E-state index contributed by atoms with van der Waals surface area (Å²) in [6, 6.07) is 61.9. The first-order valence-corrected chi connectivity index (χ1v) is 22.6. The minimum absolute atomic E-state index is 0.392. The Morgan fingerprint density at radius 3 is 1.67 bits per heavy atom. The van der Waals surface area contributed by atoms with Crippen LogP contribution in [0, 0.1) is 41.9 Å². The summed E-state index contributed by atoms with van der Waals surface area (Å²) in [4.78, 5) is 0. The number of hydrogen-bond acceptors (Lipinski definition) is 2. The lowest BCUT2D eigenvalue weighted by molar-refractivity contribution is 1.02. The Labute approximate surface area is 386 Å². The second kappa shape index (κ2) is 14.6. The molecule has 0 radical (unpaired) electrons. The van der Waals surface area contributed by atoms with Crippen LogP contribution in [-0.4, -0.2) is 18.3 Å². The summed E-state index contributed by atoms with van der Waals surface area (Å²) in [7, 11) is 0. The molecule has 312 valence electrons. The van der Waals surface area contributed by atoms with Crippen LogP contribution in [0.4, 0.5) is 0 Å². The van der Waals surface area contributed by atoms with Crippen molar-refractivity contribution < 1.29 is 0 Å². The lowest BCUT2D eigenvalue weighted by Gasteiger charge is -2.16. The van der Waals surface area contributed by atoms with Crippen LogP contribution in [0.2, 0.25) is 0 Å². The van der Waals surface area contributed by atoms with Crippen LogP contribution < -0.4 is 0 Å². The fourth-order valence-electron chi connectivity index (χ4n) is 11.1. The van der Waals surface area contributed by atoms with Crippen LogP contribution in [0.15, 0.2) is 182 Å². The summed E-state index contributed by atoms with van der Waals surface area (Å²) in [5.74, 6) is 3.08. The van der Waals surface area contributed by atoms with Gasteiger partial charge in [0.25, 0.3) is 0 Å². The first-order valence-electron chi connectivity index (χ1n) is 22.6. The summed E-state index contributed by atoms with van der Waals surface area (Å²) in [6.45, 7) is 2.10. The Balaban J connectivity index is 1.09. The maximum Gasteiger partial charge on any atom is 0.105 e. The molecule has 1 aliphatic carbocycles. The predicted molar refractivity (Wildman–Crippen MR) is 275 cm³/mol. The predicted octanol–water partition coefficient (Wildman–Crippen LogP) is 14.8. The number of nitrogens with zero attached hydrogens (tertiary/aromatic N) is 6. The fourth-order valence-corrected chi connectivity index (χ4v) is 11.1. The normalized spacial score (nSPS) is 12.7. The highest BCUT2D eigenvalue weighted by Crippen LogP contribution is 2.45. The molecule has 67 heavy (non-hydrogen) atoms. The molecule has 13 rings (SSSR count). The highest BCUT2D eigenvalue weighted by molar-refractivity contribution is 6.26. The molecule has 0 N–H and O–H groups in total. The van der Waals surface area contributed by atoms with Crippen molar-refractivity contribution in [1.29, 1.82) is 10.5 Å². The number of aromatic nitrogens is 4. The summed E-state index contributed by atoms with van der Waals surface area (Å²) < 4.78 is 8.87. The van der Waals surface area contributed by atoms with Crippen molar-refractivity contribution in [2.45, 2.75) is 19.8 Å². The largest absolute Gasteiger partial charge is 0.309 e. The van der Waals surface area contributed by atoms with E-state index in [0.717, 1.165) is 101 Å². The van der Waals surface area contributed by atoms with Gasteiger partial charge >= 0.3 is 0 Å². The topological polar surface area (TPSA) is 67.3 Å². The second-order valence-corrected chi connectivity index (χ2v) is 17.4. The van der Waals surface area contributed by atoms with Crippen LogP contribution >= 0.6 is 0 Å². The number of hydrogen-bond donors (Lipinski definition) is 0. The molecule has 1 aliphatic rings. The fraction of sp³-hybridized carbons (Fsp3) is 0.0492. The van der Waals surface area contributed by atoms with Crippen LogP contribution in [0.25, 0.3) is 110 Å². The number of nitriles is 2. The quantitative estimate of drug-likeness (QED) is 0.162. The third-order valence-corrected chi connectivity index (χ3v) is 13.9. The molecule has 0 saturated carbocycles. The maximum absolute atomic E-state index is 11.2. The van der Waals surface area contributed by atoms with Gasteiger partial charge in [0.05, 0.1) is 61.1 Å². The minimum atomic E-state index is 0.392. The molecule has 0 fully saturated rings. The molecule has 0 saturated heterocycles. The maximum atomic E-state index is 11.2. The number of rotatable bonds is 5. The van der Waals surface area contributed by atoms with E-state index in [2.05, 4.69) is 190 Å². The molecule has 6 nitrogen and oxygen atoms in total. The zero-order valence-corrected chi connectivity index (χ0v) is 36.5. The van der Waals surface area contributed by atoms with Crippen molar-refractivity contribution >= 4 is 82.0 Å². The highest BCUT2D eigenvalue weighted by atomic mass is 15.0. The highest BCUT2D eigenvalue weighted by Gasteiger charge is 2.27. The van der Waals surface area contributed by atoms with E-state index in [-0.39, 0.29) is 0 Å². The Kier molecular flexibility index (Phi) is 8.34. The van der Waals surface area contributed by atoms with Crippen molar-refractivity contribution in [1.82, 2.24) is 18.3 Å². The first kappa shape index (κ1) is 38.2. The van der Waals surface area contributed by atoms with Crippen molar-refractivity contribution in [2.24, 2.45) is 0 Å². The molecule has 4 aromatic heterocycles. The summed E-state index contributed by atoms with van der Waals surface area (Å²) in [5.41, 5.74) is 14.9. The van der Waals surface area contributed by atoms with Gasteiger partial charge in [-0.1, -0.05) is 121 Å². The van der Waals surface area contributed by atoms with E-state index in [1.807, 2.05) is 34.9 Å². The monoisotopic (exact) mass is 854 g/mol. The summed E-state index contributed by atoms with van der Waals surface area (Å²) in [5, 5.41) is 30.3. The average molecular weight is 855 g/mol. The molecule has 0 atom stereocenters. The third-order valence-electron chi connectivity index (χ3n) is 13.9. The molecule has 0 spiro atoms. The van der Waals surface area contributed by atoms with Crippen molar-refractivity contribution in [2.75, 3.05) is 0 Å². The van der Waals surface area contributed by atoms with Gasteiger partial charge < -0.3 is 18.3 Å². The Morgan fingerprint density at radius 1 is 0.493 bits per heavy atom. The van der Waals surface area contributed by atoms with Crippen LogP contribution in [-0.2, 0) is 0 Å². The number of allylic oxidation sites excluding steroid dienone is 4. The van der Waals surface area contributed by atoms with Crippen LogP contribution in [0.5, 0.6) is 0 Å². The lowest BCUT2D eigenvalue weighted by Crippen LogP contribution is -2.06. The second-order valence-electron chi connectivity index (χ2n) is 17.4. The molecule has 8 aromatic carbocycles. The summed E-state index contributed by atoms with van der Waals surface area (Å²) in [6.07, 6.45) is 15.4. The van der Waals surface area contributed by atoms with Gasteiger partial charge in [-0.15, -0.1) is 6.42 Å². The van der Waals surface area contributed by atoms with E-state index < -0.39 is 0 Å². The first-order chi connectivity index (χ1) is 33.1. The Hall–Kier alpha value is -9.28. The van der Waals surface area contributed by atoms with E-state index in [4.69, 9.17) is 6.42 Å². The van der Waals surface area contributed by atoms with E-state index in [0.29, 0.717) is 28.2 Å². The van der Waals surface area contributed by atoms with Gasteiger partial charge in [0.15, 0.2) is 0 Å². The number of terminal acetylenes is 1. The molecule has 6 heteroatoms. The molecule has 0 amide bonds. The molecule has 0 aliphatic heterocycles. The smallest absolute Gasteiger partial charge is 0.105 e. The van der Waals surface area contributed by atoms with Gasteiger partial charge in [0.1, 0.15) is 17.8 Å². The lowest BCUT2D eigenvalue weighted by atomic mass is 9.97. The van der Waals surface area contributed by atoms with Gasteiger partial charge in [-0.2, -0.15) is 10.5 Å². The van der Waals surface area contributed by atoms with E-state index in [9.17, 15) is 10.5 Å². The molecule has 0 bridgehead atoms. The van der Waals surface area contributed by atoms with Gasteiger partial charge in [-0.3, -0.25) is 0 Å². The van der Waals surface area contributed by atoms with E-state index in [1.54, 1.807) is 0 Å². The molecular weight excluding hydrogens is 817 g/mol.